The second kappa shape index (κ2) is 4.28. The van der Waals surface area contributed by atoms with E-state index in [1.807, 2.05) is 0 Å². The Bertz CT molecular complexity index is 498. The SMILES string of the molecule is CC(=O)OCC1(C)CCn2cc([N+](=O)[O-])nc2O1. The van der Waals surface area contributed by atoms with Crippen molar-refractivity contribution in [2.24, 2.45) is 0 Å². The number of aryl methyl sites for hydroxylation is 1. The van der Waals surface area contributed by atoms with Crippen LogP contribution in [-0.2, 0) is 16.1 Å². The van der Waals surface area contributed by atoms with Gasteiger partial charge in [0, 0.05) is 24.9 Å². The molecule has 1 aromatic rings. The molecule has 0 amide bonds. The summed E-state index contributed by atoms with van der Waals surface area (Å²) in [5.41, 5.74) is -0.694. The largest absolute Gasteiger partial charge is 0.462 e. The van der Waals surface area contributed by atoms with Crippen LogP contribution in [-0.4, -0.2) is 32.7 Å². The average Bonchev–Trinajstić information content (AvgIpc) is 2.69. The number of rotatable bonds is 3. The number of ether oxygens (including phenoxy) is 2. The minimum absolute atomic E-state index is 0.100. The van der Waals surface area contributed by atoms with Gasteiger partial charge in [0.05, 0.1) is 0 Å². The average molecular weight is 255 g/mol. The maximum atomic E-state index is 10.8. The van der Waals surface area contributed by atoms with Crippen LogP contribution in [0, 0.1) is 10.1 Å². The first kappa shape index (κ1) is 12.3. The van der Waals surface area contributed by atoms with Crippen molar-refractivity contribution in [3.8, 4) is 6.01 Å². The molecule has 0 saturated carbocycles. The van der Waals surface area contributed by atoms with Crippen molar-refractivity contribution in [1.29, 1.82) is 0 Å². The number of nitro groups is 1. The van der Waals surface area contributed by atoms with Gasteiger partial charge in [-0.2, -0.15) is 0 Å². The molecule has 1 aliphatic rings. The summed E-state index contributed by atoms with van der Waals surface area (Å²) in [5.74, 6) is -0.638. The van der Waals surface area contributed by atoms with Crippen LogP contribution in [0.15, 0.2) is 6.20 Å². The lowest BCUT2D eigenvalue weighted by molar-refractivity contribution is -0.389. The third kappa shape index (κ3) is 2.41. The molecule has 0 bridgehead atoms. The van der Waals surface area contributed by atoms with E-state index in [0.29, 0.717) is 13.0 Å². The Hall–Kier alpha value is -2.12. The molecule has 8 heteroatoms. The smallest absolute Gasteiger partial charge is 0.414 e. The molecule has 0 spiro atoms. The number of esters is 1. The van der Waals surface area contributed by atoms with Crippen LogP contribution in [0.25, 0.3) is 0 Å². The van der Waals surface area contributed by atoms with E-state index in [9.17, 15) is 14.9 Å². The number of hydrogen-bond acceptors (Lipinski definition) is 6. The van der Waals surface area contributed by atoms with Crippen molar-refractivity contribution in [2.75, 3.05) is 6.61 Å². The fourth-order valence-electron chi connectivity index (χ4n) is 1.70. The van der Waals surface area contributed by atoms with Crippen molar-refractivity contribution in [2.45, 2.75) is 32.4 Å². The van der Waals surface area contributed by atoms with Crippen LogP contribution in [0.5, 0.6) is 6.01 Å². The van der Waals surface area contributed by atoms with E-state index < -0.39 is 10.5 Å². The van der Waals surface area contributed by atoms with Gasteiger partial charge in [0.2, 0.25) is 0 Å². The molecule has 0 N–H and O–H groups in total. The minimum Gasteiger partial charge on any atom is -0.462 e. The molecule has 1 aliphatic heterocycles. The summed E-state index contributed by atoms with van der Waals surface area (Å²) < 4.78 is 12.1. The number of carbonyl (C=O) groups excluding carboxylic acids is 1. The van der Waals surface area contributed by atoms with Gasteiger partial charge in [0.25, 0.3) is 0 Å². The highest BCUT2D eigenvalue weighted by Crippen LogP contribution is 2.30. The maximum absolute atomic E-state index is 10.8. The second-order valence-electron chi connectivity index (χ2n) is 4.41. The molecule has 1 unspecified atom stereocenters. The predicted molar refractivity (Wildman–Crippen MR) is 59.2 cm³/mol. The topological polar surface area (TPSA) is 96.5 Å². The molecule has 0 radical (unpaired) electrons. The summed E-state index contributed by atoms with van der Waals surface area (Å²) >= 11 is 0. The van der Waals surface area contributed by atoms with E-state index in [2.05, 4.69) is 4.98 Å². The highest BCUT2D eigenvalue weighted by Gasteiger charge is 2.37. The van der Waals surface area contributed by atoms with Gasteiger partial charge in [0.1, 0.15) is 18.4 Å². The number of imidazole rings is 1. The molecule has 0 aromatic carbocycles. The van der Waals surface area contributed by atoms with Crippen LogP contribution in [0.2, 0.25) is 0 Å². The zero-order chi connectivity index (χ0) is 13.3. The lowest BCUT2D eigenvalue weighted by Gasteiger charge is -2.31. The summed E-state index contributed by atoms with van der Waals surface area (Å²) in [6.07, 6.45) is 1.92. The van der Waals surface area contributed by atoms with Crippen LogP contribution < -0.4 is 4.74 Å². The number of fused-ring (bicyclic) bond motifs is 1. The summed E-state index contributed by atoms with van der Waals surface area (Å²) in [4.78, 5) is 24.6. The molecular weight excluding hydrogens is 242 g/mol. The maximum Gasteiger partial charge on any atom is 0.414 e. The fourth-order valence-corrected chi connectivity index (χ4v) is 1.70. The van der Waals surface area contributed by atoms with Gasteiger partial charge in [-0.3, -0.25) is 9.36 Å². The third-order valence-electron chi connectivity index (χ3n) is 2.71. The first-order valence-electron chi connectivity index (χ1n) is 5.43. The van der Waals surface area contributed by atoms with E-state index in [-0.39, 0.29) is 24.4 Å². The highest BCUT2D eigenvalue weighted by molar-refractivity contribution is 5.65. The Morgan fingerprint density at radius 1 is 1.78 bits per heavy atom. The van der Waals surface area contributed by atoms with Gasteiger partial charge in [-0.25, -0.2) is 0 Å². The molecule has 18 heavy (non-hydrogen) atoms. The van der Waals surface area contributed by atoms with Crippen molar-refractivity contribution in [3.63, 3.8) is 0 Å². The van der Waals surface area contributed by atoms with Gasteiger partial charge < -0.3 is 19.6 Å². The molecule has 2 rings (SSSR count). The molecule has 0 aliphatic carbocycles. The minimum atomic E-state index is -0.694. The van der Waals surface area contributed by atoms with Gasteiger partial charge >= 0.3 is 17.8 Å². The fraction of sp³-hybridized carbons (Fsp3) is 0.600. The summed E-state index contributed by atoms with van der Waals surface area (Å²) in [6.45, 7) is 3.73. The second-order valence-corrected chi connectivity index (χ2v) is 4.41. The van der Waals surface area contributed by atoms with Gasteiger partial charge in [0.15, 0.2) is 0 Å². The third-order valence-corrected chi connectivity index (χ3v) is 2.71. The van der Waals surface area contributed by atoms with Crippen molar-refractivity contribution in [1.82, 2.24) is 9.55 Å². The van der Waals surface area contributed by atoms with E-state index >= 15 is 0 Å². The first-order chi connectivity index (χ1) is 8.39. The van der Waals surface area contributed by atoms with Crippen LogP contribution in [0.1, 0.15) is 20.3 Å². The van der Waals surface area contributed by atoms with Crippen molar-refractivity contribution < 1.29 is 19.2 Å². The summed E-state index contributed by atoms with van der Waals surface area (Å²) in [5, 5.41) is 10.6. The number of hydrogen-bond donors (Lipinski definition) is 0. The lowest BCUT2D eigenvalue weighted by atomic mass is 10.0. The van der Waals surface area contributed by atoms with Crippen LogP contribution in [0.4, 0.5) is 5.82 Å². The van der Waals surface area contributed by atoms with E-state index in [1.165, 1.54) is 13.1 Å². The van der Waals surface area contributed by atoms with Crippen molar-refractivity contribution >= 4 is 11.8 Å². The number of carbonyl (C=O) groups is 1. The molecule has 0 saturated heterocycles. The molecule has 8 nitrogen and oxygen atoms in total. The first-order valence-corrected chi connectivity index (χ1v) is 5.43. The van der Waals surface area contributed by atoms with E-state index in [4.69, 9.17) is 9.47 Å². The molecule has 0 fully saturated rings. The molecule has 1 aromatic heterocycles. The standard InChI is InChI=1S/C10H13N3O5/c1-7(14)17-6-10(2)3-4-12-5-8(13(15)16)11-9(12)18-10/h5H,3-4,6H2,1-2H3. The van der Waals surface area contributed by atoms with Crippen LogP contribution in [0.3, 0.4) is 0 Å². The Morgan fingerprint density at radius 2 is 2.50 bits per heavy atom. The van der Waals surface area contributed by atoms with Gasteiger partial charge in [-0.1, -0.05) is 0 Å². The lowest BCUT2D eigenvalue weighted by Crippen LogP contribution is -2.43. The molecular formula is C10H13N3O5. The number of nitrogens with zero attached hydrogens (tertiary/aromatic N) is 3. The predicted octanol–water partition coefficient (Wildman–Crippen LogP) is 0.896. The Kier molecular flexibility index (Phi) is 2.93. The van der Waals surface area contributed by atoms with Gasteiger partial charge in [-0.15, -0.1) is 0 Å². The zero-order valence-electron chi connectivity index (χ0n) is 10.1. The normalized spacial score (nSPS) is 21.9. The van der Waals surface area contributed by atoms with E-state index in [1.54, 1.807) is 11.5 Å². The Labute approximate surface area is 103 Å². The molecule has 2 heterocycles. The number of aromatic nitrogens is 2. The Balaban J connectivity index is 2.13. The summed E-state index contributed by atoms with van der Waals surface area (Å²) in [6, 6.07) is 0.183. The Morgan fingerprint density at radius 3 is 3.11 bits per heavy atom. The zero-order valence-corrected chi connectivity index (χ0v) is 10.1. The molecule has 1 atom stereocenters. The van der Waals surface area contributed by atoms with Crippen molar-refractivity contribution in [3.05, 3.63) is 16.3 Å². The summed E-state index contributed by atoms with van der Waals surface area (Å²) in [7, 11) is 0. The monoisotopic (exact) mass is 255 g/mol. The quantitative estimate of drug-likeness (QED) is 0.452. The van der Waals surface area contributed by atoms with Gasteiger partial charge in [-0.05, 0) is 11.8 Å². The molecule has 98 valence electrons. The van der Waals surface area contributed by atoms with Crippen LogP contribution >= 0.6 is 0 Å². The van der Waals surface area contributed by atoms with E-state index in [0.717, 1.165) is 0 Å². The highest BCUT2D eigenvalue weighted by atomic mass is 16.6.